The van der Waals surface area contributed by atoms with E-state index in [1.165, 1.54) is 9.58 Å². The van der Waals surface area contributed by atoms with Gasteiger partial charge in [-0.15, -0.1) is 4.74 Å². The molecule has 0 radical (unpaired) electrons. The molecule has 10 N–H and O–H groups in total. The van der Waals surface area contributed by atoms with E-state index < -0.39 is 92.7 Å². The van der Waals surface area contributed by atoms with Crippen molar-refractivity contribution in [3.05, 3.63) is 48.1 Å². The maximum atomic E-state index is 11.6. The molecule has 31 heteroatoms. The minimum atomic E-state index is -1.21. The summed E-state index contributed by atoms with van der Waals surface area (Å²) in [6, 6.07) is -2.29. The van der Waals surface area contributed by atoms with Crippen LogP contribution in [-0.2, 0) is 54.3 Å². The maximum Gasteiger partial charge on any atom is 0.440 e. The van der Waals surface area contributed by atoms with Crippen molar-refractivity contribution in [1.29, 1.82) is 0 Å². The Bertz CT molecular complexity index is 2830. The van der Waals surface area contributed by atoms with Gasteiger partial charge < -0.3 is 25.3 Å². The first-order valence-electron chi connectivity index (χ1n) is 25.1. The smallest absolute Gasteiger partial charge is 0.340 e. The molecule has 11 amide bonds. The van der Waals surface area contributed by atoms with Crippen LogP contribution in [0.25, 0.3) is 0 Å². The van der Waals surface area contributed by atoms with Crippen molar-refractivity contribution in [2.75, 3.05) is 6.54 Å². The molecule has 5 saturated heterocycles. The van der Waals surface area contributed by atoms with Crippen LogP contribution in [0.3, 0.4) is 0 Å². The number of aromatic nitrogens is 5. The Morgan fingerprint density at radius 1 is 0.556 bits per heavy atom. The number of urea groups is 2. The van der Waals surface area contributed by atoms with E-state index in [9.17, 15) is 71.9 Å². The van der Waals surface area contributed by atoms with Crippen molar-refractivity contribution in [2.24, 2.45) is 39.2 Å². The molecule has 7 heterocycles. The highest BCUT2D eigenvalue weighted by molar-refractivity contribution is 8.15. The number of imide groups is 4. The van der Waals surface area contributed by atoms with E-state index in [2.05, 4.69) is 46.0 Å². The van der Waals surface area contributed by atoms with E-state index in [4.69, 9.17) is 5.73 Å². The molecule has 5 atom stereocenters. The number of nitrogens with two attached hydrogens (primary N) is 1. The van der Waals surface area contributed by atoms with Crippen LogP contribution < -0.4 is 60.5 Å². The molecule has 0 aliphatic carbocycles. The van der Waals surface area contributed by atoms with Gasteiger partial charge in [0, 0.05) is 5.54 Å². The second kappa shape index (κ2) is 26.8. The molecule has 5 unspecified atom stereocenters. The van der Waals surface area contributed by atoms with E-state index in [1.54, 1.807) is 41.5 Å². The van der Waals surface area contributed by atoms with Crippen LogP contribution in [0.15, 0.2) is 29.9 Å². The largest absolute Gasteiger partial charge is 0.440 e. The van der Waals surface area contributed by atoms with Crippen LogP contribution in [0.1, 0.15) is 145 Å². The van der Waals surface area contributed by atoms with Crippen LogP contribution in [0.4, 0.5) is 14.4 Å². The van der Waals surface area contributed by atoms with Gasteiger partial charge in [-0.2, -0.15) is 10.6 Å². The number of amides is 11. The van der Waals surface area contributed by atoms with Gasteiger partial charge >= 0.3 is 35.2 Å². The predicted molar refractivity (Wildman–Crippen MR) is 293 cm³/mol. The summed E-state index contributed by atoms with van der Waals surface area (Å²) in [4.78, 5) is 174. The SMILES string of the molecule is CC(C)(C)C1C(=O)NC(=O)C(N)C1=O.CC(C)(C)C1C(=O)NOC1=O.CC(C)(C)C1NC(=O)NC1=O.CC(C)(C)C1SC(=O)NC1=O.CC(C)(C)N1CC(=O)NC1=O.CC(C)(C)n1ncc(=O)[nH]c1=O.CC(C)(C)n1oc(=O)[nH]c1=O. The van der Waals surface area contributed by atoms with Crippen LogP contribution in [0, 0.1) is 33.5 Å². The first-order valence-corrected chi connectivity index (χ1v) is 26.0. The van der Waals surface area contributed by atoms with Crippen molar-refractivity contribution in [3.8, 4) is 0 Å². The summed E-state index contributed by atoms with van der Waals surface area (Å²) in [5, 5.41) is 14.6. The number of hydroxylamine groups is 1. The van der Waals surface area contributed by atoms with Gasteiger partial charge in [-0.3, -0.25) is 69.4 Å². The van der Waals surface area contributed by atoms with Gasteiger partial charge in [-0.25, -0.2) is 38.4 Å². The van der Waals surface area contributed by atoms with Crippen LogP contribution in [0.2, 0.25) is 0 Å². The zero-order valence-electron chi connectivity index (χ0n) is 49.9. The Morgan fingerprint density at radius 2 is 1.09 bits per heavy atom. The molecule has 2 aromatic heterocycles. The van der Waals surface area contributed by atoms with Crippen molar-refractivity contribution in [1.82, 2.24) is 61.5 Å². The van der Waals surface area contributed by atoms with Crippen LogP contribution in [-0.4, -0.2) is 123 Å². The summed E-state index contributed by atoms with van der Waals surface area (Å²) in [5.41, 5.74) is 3.55. The summed E-state index contributed by atoms with van der Waals surface area (Å²) in [5.74, 6) is -5.41. The normalized spacial score (nSPS) is 21.1. The molecule has 2 aromatic rings. The topological polar surface area (TPSA) is 434 Å². The van der Waals surface area contributed by atoms with Crippen molar-refractivity contribution >= 4 is 76.3 Å². The highest BCUT2D eigenvalue weighted by Crippen LogP contribution is 2.34. The van der Waals surface area contributed by atoms with E-state index >= 15 is 0 Å². The fourth-order valence-electron chi connectivity index (χ4n) is 7.10. The Kier molecular flexibility index (Phi) is 23.6. The quantitative estimate of drug-likeness (QED) is 0.101. The Morgan fingerprint density at radius 3 is 1.35 bits per heavy atom. The monoisotopic (exact) mass is 1170 g/mol. The van der Waals surface area contributed by atoms with Gasteiger partial charge in [-0.05, 0) is 84.0 Å². The molecular formula is C50H81N13O17S. The highest BCUT2D eigenvalue weighted by Gasteiger charge is 2.47. The second-order valence-electron chi connectivity index (χ2n) is 26.0. The molecule has 0 spiro atoms. The summed E-state index contributed by atoms with van der Waals surface area (Å²) >= 11 is 1.08. The lowest BCUT2D eigenvalue weighted by Crippen LogP contribution is -2.61. The molecule has 30 nitrogen and oxygen atoms in total. The van der Waals surface area contributed by atoms with Crippen molar-refractivity contribution in [2.45, 2.75) is 179 Å². The van der Waals surface area contributed by atoms with Gasteiger partial charge in [0.25, 0.3) is 28.5 Å². The van der Waals surface area contributed by atoms with E-state index in [0.717, 1.165) is 22.7 Å². The van der Waals surface area contributed by atoms with Gasteiger partial charge in [0.15, 0.2) is 5.78 Å². The van der Waals surface area contributed by atoms with Crippen LogP contribution in [0.5, 0.6) is 0 Å². The number of hydrogen-bond acceptors (Lipinski definition) is 20. The molecule has 81 heavy (non-hydrogen) atoms. The minimum absolute atomic E-state index is 0.138. The van der Waals surface area contributed by atoms with Gasteiger partial charge in [-0.1, -0.05) is 94.8 Å². The average Bonchev–Trinajstić information content (AvgIpc) is 4.07. The average molecular weight is 1170 g/mol. The number of H-pyrrole nitrogens is 2. The number of piperidine rings is 1. The van der Waals surface area contributed by atoms with Gasteiger partial charge in [0.1, 0.15) is 36.7 Å². The van der Waals surface area contributed by atoms with E-state index in [1.807, 2.05) is 114 Å². The fourth-order valence-corrected chi connectivity index (χ4v) is 7.99. The van der Waals surface area contributed by atoms with E-state index in [-0.39, 0.29) is 68.5 Å². The molecule has 0 bridgehead atoms. The molecule has 454 valence electrons. The lowest BCUT2D eigenvalue weighted by Gasteiger charge is -2.33. The lowest BCUT2D eigenvalue weighted by atomic mass is 9.74. The molecule has 5 aliphatic rings. The predicted octanol–water partition coefficient (Wildman–Crippen LogP) is 0.971. The van der Waals surface area contributed by atoms with Crippen molar-refractivity contribution < 1.29 is 62.1 Å². The molecular weight excluding hydrogens is 1090 g/mol. The Labute approximate surface area is 471 Å². The van der Waals surface area contributed by atoms with Crippen molar-refractivity contribution in [3.63, 3.8) is 0 Å². The molecule has 7 rings (SSSR count). The highest BCUT2D eigenvalue weighted by atomic mass is 32.2. The molecule has 0 saturated carbocycles. The number of hydrogen-bond donors (Lipinski definition) is 9. The number of nitrogens with one attached hydrogen (secondary N) is 8. The molecule has 5 aliphatic heterocycles. The van der Waals surface area contributed by atoms with Gasteiger partial charge in [0.05, 0.1) is 16.3 Å². The standard InChI is InChI=1S/C9H14N2O3.C7H11N3O2.2C7H12N2O2.C7H11NO3.C7H11NO2S.C6H10N2O3/c1-9(2,3)4-6(12)5(10)8(14)11-7(4)13;1-7(2,3)10-6(12)9-5(11)4-8-10;1-7(2,3)9-4-5(10)8-6(9)11;1-7(2,3)4-5(10)9-6(11)8-4;1-7(2,3)4-5(9)8-11-6(4)10;1-7(2,3)4-5(9)8-6(10)11-4;1-6(2,3)8-4(9)7-5(10)11-8/h4-5H,10H2,1-3H3,(H,11,13,14);4H,1-3H3,(H,9,11,12);4H2,1-3H3,(H,8,10,11);4H,1-3H3,(H2,8,9,10,11);4H,1-3H3,(H,8,9);4H,1-3H3,(H,8,9,10);1-3H3,(H,7,9,10). The zero-order chi connectivity index (χ0) is 63.7. The second-order valence-corrected chi connectivity index (χ2v) is 27.1. The number of rotatable bonds is 0. The summed E-state index contributed by atoms with van der Waals surface area (Å²) in [6.45, 7) is 39.0. The van der Waals surface area contributed by atoms with E-state index in [0.29, 0.717) is 0 Å². The van der Waals surface area contributed by atoms with Crippen LogP contribution >= 0.6 is 11.8 Å². The number of aromatic amines is 2. The third-order valence-corrected chi connectivity index (χ3v) is 12.6. The summed E-state index contributed by atoms with van der Waals surface area (Å²) in [7, 11) is 0. The number of ketones is 1. The minimum Gasteiger partial charge on any atom is -0.340 e. The third kappa shape index (κ3) is 21.8. The van der Waals surface area contributed by atoms with Gasteiger partial charge in [0.2, 0.25) is 17.7 Å². The maximum absolute atomic E-state index is 11.6. The number of carbonyl (C=O) groups is 11. The molecule has 5 fully saturated rings. The Hall–Kier alpha value is -7.57. The number of Topliss-reactive ketones (excluding diaryl/α,β-unsaturated/α-hetero) is 1. The first kappa shape index (κ1) is 71.4. The summed E-state index contributed by atoms with van der Waals surface area (Å²) in [6.07, 6.45) is 1.09. The lowest BCUT2D eigenvalue weighted by molar-refractivity contribution is -0.149. The Balaban J connectivity index is 0.000000473. The third-order valence-electron chi connectivity index (χ3n) is 11.1. The molecule has 0 aromatic carbocycles. The number of nitrogens with zero attached hydrogens (tertiary/aromatic N) is 4. The zero-order valence-corrected chi connectivity index (χ0v) is 50.7. The number of thioether (sulfide) groups is 1. The fraction of sp³-hybridized carbons (Fsp3) is 0.680. The first-order chi connectivity index (χ1) is 36.2. The summed E-state index contributed by atoms with van der Waals surface area (Å²) < 4.78 is 6.81. The number of carbonyl (C=O) groups excluding carboxylic acids is 11.